The number of alkyl halides is 3. The molecule has 0 aliphatic rings. The van der Waals surface area contributed by atoms with Crippen molar-refractivity contribution < 1.29 is 18.3 Å². The van der Waals surface area contributed by atoms with E-state index in [9.17, 15) is 13.2 Å². The molecule has 1 aromatic rings. The lowest BCUT2D eigenvalue weighted by atomic mass is 10.1. The number of anilines is 1. The van der Waals surface area contributed by atoms with E-state index >= 15 is 0 Å². The normalized spacial score (nSPS) is 13.5. The van der Waals surface area contributed by atoms with Gasteiger partial charge in [-0.2, -0.15) is 13.2 Å². The number of nitrogens with zero attached hydrogens (tertiary/aromatic N) is 1. The standard InChI is InChI=1S/C12H17F3N2O/c1-8(7-18)17(2)11-4-3-10(12(13,14)15)5-9(11)6-16/h3-5,8,18H,6-7,16H2,1-2H3. The summed E-state index contributed by atoms with van der Waals surface area (Å²) in [6, 6.07) is 3.27. The molecular weight excluding hydrogens is 245 g/mol. The van der Waals surface area contributed by atoms with Crippen molar-refractivity contribution in [2.75, 3.05) is 18.6 Å². The third-order valence-corrected chi connectivity index (χ3v) is 2.93. The fourth-order valence-corrected chi connectivity index (χ4v) is 1.63. The molecule has 3 nitrogen and oxygen atoms in total. The molecule has 102 valence electrons. The first kappa shape index (κ1) is 14.8. The van der Waals surface area contributed by atoms with Gasteiger partial charge >= 0.3 is 6.18 Å². The fraction of sp³-hybridized carbons (Fsp3) is 0.500. The quantitative estimate of drug-likeness (QED) is 0.872. The maximum Gasteiger partial charge on any atom is 0.416 e. The Morgan fingerprint density at radius 3 is 2.44 bits per heavy atom. The molecule has 0 aliphatic heterocycles. The Morgan fingerprint density at radius 1 is 1.39 bits per heavy atom. The Hall–Kier alpha value is -1.27. The van der Waals surface area contributed by atoms with Crippen LogP contribution in [0.1, 0.15) is 18.1 Å². The number of aliphatic hydroxyl groups is 1. The predicted octanol–water partition coefficient (Wildman–Crippen LogP) is 1.98. The van der Waals surface area contributed by atoms with Gasteiger partial charge in [-0.05, 0) is 30.7 Å². The van der Waals surface area contributed by atoms with Crippen molar-refractivity contribution in [3.63, 3.8) is 0 Å². The van der Waals surface area contributed by atoms with E-state index < -0.39 is 11.7 Å². The molecule has 1 unspecified atom stereocenters. The summed E-state index contributed by atoms with van der Waals surface area (Å²) in [5.41, 5.74) is 5.79. The van der Waals surface area contributed by atoms with Crippen LogP contribution >= 0.6 is 0 Å². The number of hydrogen-bond acceptors (Lipinski definition) is 3. The number of halogens is 3. The van der Waals surface area contributed by atoms with Crippen LogP contribution in [0.4, 0.5) is 18.9 Å². The third-order valence-electron chi connectivity index (χ3n) is 2.93. The van der Waals surface area contributed by atoms with Crippen LogP contribution in [0.3, 0.4) is 0 Å². The summed E-state index contributed by atoms with van der Waals surface area (Å²) in [4.78, 5) is 1.71. The molecular formula is C12H17F3N2O. The Morgan fingerprint density at radius 2 is 2.00 bits per heavy atom. The number of rotatable bonds is 4. The Labute approximate surface area is 104 Å². The van der Waals surface area contributed by atoms with Crippen LogP contribution in [0.5, 0.6) is 0 Å². The van der Waals surface area contributed by atoms with Gasteiger partial charge in [0.15, 0.2) is 0 Å². The van der Waals surface area contributed by atoms with E-state index in [4.69, 9.17) is 10.8 Å². The van der Waals surface area contributed by atoms with E-state index in [0.29, 0.717) is 11.3 Å². The van der Waals surface area contributed by atoms with E-state index in [-0.39, 0.29) is 19.2 Å². The molecule has 0 bridgehead atoms. The maximum atomic E-state index is 12.6. The van der Waals surface area contributed by atoms with Crippen molar-refractivity contribution in [2.45, 2.75) is 25.7 Å². The lowest BCUT2D eigenvalue weighted by molar-refractivity contribution is -0.137. The molecule has 3 N–H and O–H groups in total. The van der Waals surface area contributed by atoms with Gasteiger partial charge in [0, 0.05) is 25.3 Å². The summed E-state index contributed by atoms with van der Waals surface area (Å²) in [5.74, 6) is 0. The van der Waals surface area contributed by atoms with Gasteiger partial charge in [-0.3, -0.25) is 0 Å². The van der Waals surface area contributed by atoms with E-state index in [1.165, 1.54) is 6.07 Å². The number of likely N-dealkylation sites (N-methyl/N-ethyl adjacent to an activating group) is 1. The van der Waals surface area contributed by atoms with Crippen LogP contribution in [0.15, 0.2) is 18.2 Å². The highest BCUT2D eigenvalue weighted by Crippen LogP contribution is 2.32. The van der Waals surface area contributed by atoms with E-state index in [2.05, 4.69) is 0 Å². The lowest BCUT2D eigenvalue weighted by Crippen LogP contribution is -2.32. The Bertz CT molecular complexity index is 407. The molecule has 0 aromatic heterocycles. The number of benzene rings is 1. The molecule has 1 aromatic carbocycles. The minimum absolute atomic E-state index is 0.0156. The summed E-state index contributed by atoms with van der Waals surface area (Å²) in [6.07, 6.45) is -4.37. The number of aliphatic hydroxyl groups excluding tert-OH is 1. The molecule has 6 heteroatoms. The number of nitrogens with two attached hydrogens (primary N) is 1. The van der Waals surface area contributed by atoms with E-state index in [1.807, 2.05) is 0 Å². The SMILES string of the molecule is CC(CO)N(C)c1ccc(C(F)(F)F)cc1CN. The van der Waals surface area contributed by atoms with Crippen LogP contribution in [0, 0.1) is 0 Å². The maximum absolute atomic E-state index is 12.6. The molecule has 1 atom stereocenters. The van der Waals surface area contributed by atoms with Gasteiger partial charge in [0.2, 0.25) is 0 Å². The van der Waals surface area contributed by atoms with Gasteiger partial charge in [0.1, 0.15) is 0 Å². The summed E-state index contributed by atoms with van der Waals surface area (Å²) in [5, 5.41) is 9.06. The molecule has 0 amide bonds. The molecule has 0 heterocycles. The van der Waals surface area contributed by atoms with Crippen molar-refractivity contribution in [3.05, 3.63) is 29.3 Å². The first-order valence-electron chi connectivity index (χ1n) is 5.55. The predicted molar refractivity (Wildman–Crippen MR) is 64.3 cm³/mol. The summed E-state index contributed by atoms with van der Waals surface area (Å²) < 4.78 is 37.7. The highest BCUT2D eigenvalue weighted by molar-refractivity contribution is 5.55. The van der Waals surface area contributed by atoms with Crippen molar-refractivity contribution in [2.24, 2.45) is 5.73 Å². The van der Waals surface area contributed by atoms with Crippen molar-refractivity contribution >= 4 is 5.69 Å². The van der Waals surface area contributed by atoms with Crippen molar-refractivity contribution in [3.8, 4) is 0 Å². The smallest absolute Gasteiger partial charge is 0.394 e. The van der Waals surface area contributed by atoms with Gasteiger partial charge in [0.25, 0.3) is 0 Å². The fourth-order valence-electron chi connectivity index (χ4n) is 1.63. The Balaban J connectivity index is 3.15. The van der Waals surface area contributed by atoms with Gasteiger partial charge in [-0.15, -0.1) is 0 Å². The zero-order valence-corrected chi connectivity index (χ0v) is 10.3. The molecule has 18 heavy (non-hydrogen) atoms. The second-order valence-corrected chi connectivity index (χ2v) is 4.19. The van der Waals surface area contributed by atoms with Gasteiger partial charge < -0.3 is 15.7 Å². The minimum atomic E-state index is -4.37. The third kappa shape index (κ3) is 3.14. The molecule has 0 spiro atoms. The lowest BCUT2D eigenvalue weighted by Gasteiger charge is -2.28. The summed E-state index contributed by atoms with van der Waals surface area (Å²) in [6.45, 7) is 1.71. The highest BCUT2D eigenvalue weighted by atomic mass is 19.4. The molecule has 0 saturated heterocycles. The number of hydrogen-bond donors (Lipinski definition) is 2. The Kier molecular flexibility index (Phi) is 4.59. The molecule has 0 aliphatic carbocycles. The van der Waals surface area contributed by atoms with E-state index in [0.717, 1.165) is 12.1 Å². The van der Waals surface area contributed by atoms with Crippen LogP contribution in [-0.2, 0) is 12.7 Å². The average molecular weight is 262 g/mol. The van der Waals surface area contributed by atoms with Crippen LogP contribution < -0.4 is 10.6 Å². The second-order valence-electron chi connectivity index (χ2n) is 4.19. The van der Waals surface area contributed by atoms with Crippen LogP contribution in [-0.4, -0.2) is 24.8 Å². The first-order valence-corrected chi connectivity index (χ1v) is 5.55. The first-order chi connectivity index (χ1) is 8.31. The topological polar surface area (TPSA) is 49.5 Å². The van der Waals surface area contributed by atoms with Gasteiger partial charge in [0.05, 0.1) is 12.2 Å². The summed E-state index contributed by atoms with van der Waals surface area (Å²) >= 11 is 0. The van der Waals surface area contributed by atoms with Crippen molar-refractivity contribution in [1.82, 2.24) is 0 Å². The van der Waals surface area contributed by atoms with E-state index in [1.54, 1.807) is 18.9 Å². The molecule has 0 saturated carbocycles. The minimum Gasteiger partial charge on any atom is -0.394 e. The monoisotopic (exact) mass is 262 g/mol. The zero-order valence-electron chi connectivity index (χ0n) is 10.3. The molecule has 0 radical (unpaired) electrons. The molecule has 1 rings (SSSR count). The highest BCUT2D eigenvalue weighted by Gasteiger charge is 2.31. The van der Waals surface area contributed by atoms with Crippen molar-refractivity contribution in [1.29, 1.82) is 0 Å². The average Bonchev–Trinajstić information content (AvgIpc) is 2.35. The zero-order chi connectivity index (χ0) is 13.9. The molecule has 0 fully saturated rings. The van der Waals surface area contributed by atoms with Gasteiger partial charge in [-0.25, -0.2) is 0 Å². The summed E-state index contributed by atoms with van der Waals surface area (Å²) in [7, 11) is 1.71. The largest absolute Gasteiger partial charge is 0.416 e. The van der Waals surface area contributed by atoms with Crippen LogP contribution in [0.25, 0.3) is 0 Å². The van der Waals surface area contributed by atoms with Gasteiger partial charge in [-0.1, -0.05) is 0 Å². The second kappa shape index (κ2) is 5.58. The van der Waals surface area contributed by atoms with Crippen LogP contribution in [0.2, 0.25) is 0 Å².